The fraction of sp³-hybridized carbons (Fsp3) is 0.692. The number of hydrogen-bond donors (Lipinski definition) is 1. The number of aromatic nitrogens is 2. The van der Waals surface area contributed by atoms with Crippen molar-refractivity contribution in [2.24, 2.45) is 0 Å². The lowest BCUT2D eigenvalue weighted by molar-refractivity contribution is 0.271. The van der Waals surface area contributed by atoms with Crippen molar-refractivity contribution in [3.05, 3.63) is 17.0 Å². The van der Waals surface area contributed by atoms with Gasteiger partial charge in [0.05, 0.1) is 36.8 Å². The van der Waals surface area contributed by atoms with Crippen molar-refractivity contribution in [2.45, 2.75) is 39.4 Å². The number of nitrogens with one attached hydrogen (secondary N) is 1. The molecule has 2 heterocycles. The molecule has 0 amide bonds. The molecule has 0 bridgehead atoms. The molecule has 0 aliphatic carbocycles. The third-order valence-electron chi connectivity index (χ3n) is 3.54. The average Bonchev–Trinajstić information content (AvgIpc) is 2.74. The Labute approximate surface area is 125 Å². The van der Waals surface area contributed by atoms with Crippen molar-refractivity contribution in [3.8, 4) is 6.07 Å². The van der Waals surface area contributed by atoms with Gasteiger partial charge in [0, 0.05) is 24.7 Å². The number of rotatable bonds is 5. The third-order valence-corrected chi connectivity index (χ3v) is 4.21. The zero-order chi connectivity index (χ0) is 15.6. The van der Waals surface area contributed by atoms with E-state index >= 15 is 0 Å². The van der Waals surface area contributed by atoms with Crippen LogP contribution in [0, 0.1) is 11.3 Å². The van der Waals surface area contributed by atoms with Gasteiger partial charge in [-0.15, -0.1) is 0 Å². The summed E-state index contributed by atoms with van der Waals surface area (Å²) in [5, 5.41) is 13.4. The second-order valence-electron chi connectivity index (χ2n) is 5.62. The standard InChI is InChI=1S/C13H21N5O2S/c1-10(2)18-13-9-17(7-5-14)6-4-11(13)12(16-18)8-15-21(3,19)20/h10,15H,4,6-9H2,1-3H3. The molecule has 1 aromatic heterocycles. The van der Waals surface area contributed by atoms with E-state index in [-0.39, 0.29) is 12.6 Å². The summed E-state index contributed by atoms with van der Waals surface area (Å²) in [5.74, 6) is 0. The lowest BCUT2D eigenvalue weighted by Crippen LogP contribution is -2.32. The van der Waals surface area contributed by atoms with Crippen LogP contribution in [0.3, 0.4) is 0 Å². The van der Waals surface area contributed by atoms with Gasteiger partial charge in [0.2, 0.25) is 10.0 Å². The molecule has 0 radical (unpaired) electrons. The fourth-order valence-electron chi connectivity index (χ4n) is 2.58. The van der Waals surface area contributed by atoms with Gasteiger partial charge in [0.1, 0.15) is 0 Å². The Bertz CT molecular complexity index is 657. The fourth-order valence-corrected chi connectivity index (χ4v) is 2.98. The van der Waals surface area contributed by atoms with Gasteiger partial charge < -0.3 is 0 Å². The third kappa shape index (κ3) is 3.81. The smallest absolute Gasteiger partial charge is 0.209 e. The summed E-state index contributed by atoms with van der Waals surface area (Å²) in [7, 11) is -3.23. The molecule has 0 saturated heterocycles. The normalized spacial score (nSPS) is 16.0. The topological polar surface area (TPSA) is 91.0 Å². The minimum absolute atomic E-state index is 0.202. The highest BCUT2D eigenvalue weighted by Gasteiger charge is 2.25. The number of fused-ring (bicyclic) bond motifs is 1. The van der Waals surface area contributed by atoms with Crippen molar-refractivity contribution < 1.29 is 8.42 Å². The van der Waals surface area contributed by atoms with E-state index in [4.69, 9.17) is 5.26 Å². The SMILES string of the molecule is CC(C)n1nc(CNS(C)(=O)=O)c2c1CN(CC#N)CC2. The number of sulfonamides is 1. The highest BCUT2D eigenvalue weighted by atomic mass is 32.2. The van der Waals surface area contributed by atoms with Crippen LogP contribution in [-0.2, 0) is 29.5 Å². The molecule has 8 heteroatoms. The maximum Gasteiger partial charge on any atom is 0.209 e. The Morgan fingerprint density at radius 1 is 1.48 bits per heavy atom. The van der Waals surface area contributed by atoms with E-state index in [0.717, 1.165) is 36.2 Å². The Kier molecular flexibility index (Phi) is 4.66. The molecule has 116 valence electrons. The van der Waals surface area contributed by atoms with E-state index in [2.05, 4.69) is 20.8 Å². The molecule has 0 spiro atoms. The van der Waals surface area contributed by atoms with Crippen LogP contribution in [0.2, 0.25) is 0 Å². The molecule has 0 atom stereocenters. The predicted molar refractivity (Wildman–Crippen MR) is 78.9 cm³/mol. The molecule has 0 fully saturated rings. The summed E-state index contributed by atoms with van der Waals surface area (Å²) in [6.45, 7) is 6.20. The Hall–Kier alpha value is -1.43. The first-order valence-corrected chi connectivity index (χ1v) is 8.84. The van der Waals surface area contributed by atoms with Gasteiger partial charge in [-0.05, 0) is 20.3 Å². The first kappa shape index (κ1) is 15.9. The Balaban J connectivity index is 2.29. The van der Waals surface area contributed by atoms with Crippen molar-refractivity contribution in [2.75, 3.05) is 19.3 Å². The van der Waals surface area contributed by atoms with E-state index in [9.17, 15) is 8.42 Å². The van der Waals surface area contributed by atoms with Crippen LogP contribution < -0.4 is 4.72 Å². The molecular formula is C13H21N5O2S. The quantitative estimate of drug-likeness (QED) is 0.795. The molecule has 2 rings (SSSR count). The van der Waals surface area contributed by atoms with Gasteiger partial charge >= 0.3 is 0 Å². The number of nitriles is 1. The minimum Gasteiger partial charge on any atom is -0.284 e. The van der Waals surface area contributed by atoms with Crippen molar-refractivity contribution >= 4 is 10.0 Å². The summed E-state index contributed by atoms with van der Waals surface area (Å²) in [5.41, 5.74) is 3.01. The average molecular weight is 311 g/mol. The minimum atomic E-state index is -3.23. The van der Waals surface area contributed by atoms with Crippen molar-refractivity contribution in [3.63, 3.8) is 0 Å². The Morgan fingerprint density at radius 3 is 2.76 bits per heavy atom. The Morgan fingerprint density at radius 2 is 2.19 bits per heavy atom. The van der Waals surface area contributed by atoms with Crippen LogP contribution in [0.5, 0.6) is 0 Å². The van der Waals surface area contributed by atoms with E-state index < -0.39 is 10.0 Å². The zero-order valence-electron chi connectivity index (χ0n) is 12.6. The van der Waals surface area contributed by atoms with Gasteiger partial charge in [-0.3, -0.25) is 9.58 Å². The highest BCUT2D eigenvalue weighted by Crippen LogP contribution is 2.25. The van der Waals surface area contributed by atoms with Gasteiger partial charge in [0.25, 0.3) is 0 Å². The van der Waals surface area contributed by atoms with Crippen LogP contribution in [-0.4, -0.2) is 42.4 Å². The van der Waals surface area contributed by atoms with Gasteiger partial charge in [-0.25, -0.2) is 13.1 Å². The van der Waals surface area contributed by atoms with Gasteiger partial charge in [-0.2, -0.15) is 10.4 Å². The van der Waals surface area contributed by atoms with Crippen molar-refractivity contribution in [1.29, 1.82) is 5.26 Å². The molecule has 1 aromatic rings. The molecule has 21 heavy (non-hydrogen) atoms. The van der Waals surface area contributed by atoms with Crippen LogP contribution in [0.15, 0.2) is 0 Å². The summed E-state index contributed by atoms with van der Waals surface area (Å²) < 4.78 is 27.0. The first-order chi connectivity index (χ1) is 9.81. The molecule has 7 nitrogen and oxygen atoms in total. The van der Waals surface area contributed by atoms with Gasteiger partial charge in [-0.1, -0.05) is 0 Å². The number of hydrogen-bond acceptors (Lipinski definition) is 5. The molecule has 0 unspecified atom stereocenters. The second kappa shape index (κ2) is 6.13. The van der Waals surface area contributed by atoms with Crippen LogP contribution in [0.1, 0.15) is 36.8 Å². The summed E-state index contributed by atoms with van der Waals surface area (Å²) in [6, 6.07) is 2.38. The molecular weight excluding hydrogens is 290 g/mol. The summed E-state index contributed by atoms with van der Waals surface area (Å²) in [4.78, 5) is 2.08. The molecule has 0 aromatic carbocycles. The molecule has 1 N–H and O–H groups in total. The molecule has 1 aliphatic heterocycles. The zero-order valence-corrected chi connectivity index (χ0v) is 13.4. The van der Waals surface area contributed by atoms with Gasteiger partial charge in [0.15, 0.2) is 0 Å². The molecule has 1 aliphatic rings. The largest absolute Gasteiger partial charge is 0.284 e. The highest BCUT2D eigenvalue weighted by molar-refractivity contribution is 7.88. The van der Waals surface area contributed by atoms with Crippen molar-refractivity contribution in [1.82, 2.24) is 19.4 Å². The maximum atomic E-state index is 11.3. The van der Waals surface area contributed by atoms with Crippen LogP contribution >= 0.6 is 0 Å². The van der Waals surface area contributed by atoms with Crippen LogP contribution in [0.4, 0.5) is 0 Å². The first-order valence-electron chi connectivity index (χ1n) is 6.95. The summed E-state index contributed by atoms with van der Waals surface area (Å²) >= 11 is 0. The second-order valence-corrected chi connectivity index (χ2v) is 7.46. The van der Waals surface area contributed by atoms with E-state index in [0.29, 0.717) is 13.1 Å². The molecule has 0 saturated carbocycles. The van der Waals surface area contributed by atoms with E-state index in [1.54, 1.807) is 0 Å². The lowest BCUT2D eigenvalue weighted by atomic mass is 10.0. The van der Waals surface area contributed by atoms with Crippen LogP contribution in [0.25, 0.3) is 0 Å². The number of nitrogens with zero attached hydrogens (tertiary/aromatic N) is 4. The monoisotopic (exact) mass is 311 g/mol. The summed E-state index contributed by atoms with van der Waals surface area (Å²) in [6.07, 6.45) is 1.94. The van der Waals surface area contributed by atoms with E-state index in [1.165, 1.54) is 0 Å². The lowest BCUT2D eigenvalue weighted by Gasteiger charge is -2.26. The van der Waals surface area contributed by atoms with E-state index in [1.807, 2.05) is 18.5 Å². The maximum absolute atomic E-state index is 11.3. The predicted octanol–water partition coefficient (Wildman–Crippen LogP) is 0.395.